The van der Waals surface area contributed by atoms with Crippen LogP contribution in [0.2, 0.25) is 5.02 Å². The van der Waals surface area contributed by atoms with E-state index in [0.29, 0.717) is 23.8 Å². The summed E-state index contributed by atoms with van der Waals surface area (Å²) < 4.78 is 5.51. The second-order valence-corrected chi connectivity index (χ2v) is 4.00. The van der Waals surface area contributed by atoms with Gasteiger partial charge in [0.1, 0.15) is 0 Å². The smallest absolute Gasteiger partial charge is 0.230 e. The number of benzene rings is 1. The number of aryl methyl sites for hydroxylation is 1. The van der Waals surface area contributed by atoms with Crippen LogP contribution in [0.15, 0.2) is 12.1 Å². The van der Waals surface area contributed by atoms with Crippen molar-refractivity contribution < 1.29 is 9.53 Å². The molecule has 1 amide bonds. The fourth-order valence-corrected chi connectivity index (χ4v) is 1.94. The normalized spacial score (nSPS) is 15.7. The first-order valence-corrected chi connectivity index (χ1v) is 5.17. The van der Waals surface area contributed by atoms with E-state index in [2.05, 4.69) is 0 Å². The molecular formula is C11H12ClNO2. The zero-order valence-electron chi connectivity index (χ0n) is 8.71. The third kappa shape index (κ3) is 1.67. The Balaban J connectivity index is 2.62. The summed E-state index contributed by atoms with van der Waals surface area (Å²) in [6, 6.07) is 3.68. The Hall–Kier alpha value is -1.22. The van der Waals surface area contributed by atoms with Gasteiger partial charge in [-0.25, -0.2) is 0 Å². The highest BCUT2D eigenvalue weighted by atomic mass is 35.5. The van der Waals surface area contributed by atoms with E-state index in [9.17, 15) is 4.79 Å². The van der Waals surface area contributed by atoms with Crippen molar-refractivity contribution in [3.05, 3.63) is 22.7 Å². The van der Waals surface area contributed by atoms with Gasteiger partial charge in [-0.15, -0.1) is 0 Å². The quantitative estimate of drug-likeness (QED) is 0.679. The molecule has 0 radical (unpaired) electrons. The van der Waals surface area contributed by atoms with Crippen molar-refractivity contribution in [3.63, 3.8) is 0 Å². The average Bonchev–Trinajstić information content (AvgIpc) is 2.35. The molecule has 15 heavy (non-hydrogen) atoms. The molecule has 0 aromatic heterocycles. The monoisotopic (exact) mass is 225 g/mol. The zero-order chi connectivity index (χ0) is 11.0. The maximum atomic E-state index is 11.6. The number of fused-ring (bicyclic) bond motifs is 1. The van der Waals surface area contributed by atoms with Crippen molar-refractivity contribution in [2.45, 2.75) is 13.3 Å². The molecule has 0 saturated heterocycles. The Morgan fingerprint density at radius 3 is 2.93 bits per heavy atom. The predicted octanol–water partition coefficient (Wildman–Crippen LogP) is 2.39. The molecule has 0 atom stereocenters. The van der Waals surface area contributed by atoms with Crippen LogP contribution in [0.3, 0.4) is 0 Å². The summed E-state index contributed by atoms with van der Waals surface area (Å²) in [5.41, 5.74) is 1.78. The minimum atomic E-state index is 0.0547. The molecule has 0 aliphatic carbocycles. The summed E-state index contributed by atoms with van der Waals surface area (Å²) in [7, 11) is 1.75. The van der Waals surface area contributed by atoms with Gasteiger partial charge in [0.25, 0.3) is 0 Å². The molecule has 1 aromatic carbocycles. The van der Waals surface area contributed by atoms with Gasteiger partial charge in [0.2, 0.25) is 5.91 Å². The van der Waals surface area contributed by atoms with Crippen molar-refractivity contribution >= 4 is 23.2 Å². The van der Waals surface area contributed by atoms with Crippen molar-refractivity contribution in [3.8, 4) is 5.75 Å². The van der Waals surface area contributed by atoms with Gasteiger partial charge in [0.15, 0.2) is 5.75 Å². The fraction of sp³-hybridized carbons (Fsp3) is 0.364. The van der Waals surface area contributed by atoms with Gasteiger partial charge in [0, 0.05) is 7.05 Å². The van der Waals surface area contributed by atoms with Gasteiger partial charge >= 0.3 is 0 Å². The Morgan fingerprint density at radius 2 is 2.20 bits per heavy atom. The van der Waals surface area contributed by atoms with Gasteiger partial charge in [-0.3, -0.25) is 4.79 Å². The number of carbonyl (C=O) groups excluding carboxylic acids is 1. The minimum Gasteiger partial charge on any atom is -0.489 e. The molecule has 1 aliphatic rings. The molecule has 0 spiro atoms. The van der Waals surface area contributed by atoms with Crippen LogP contribution >= 0.6 is 11.6 Å². The van der Waals surface area contributed by atoms with Crippen LogP contribution < -0.4 is 9.64 Å². The zero-order valence-corrected chi connectivity index (χ0v) is 9.47. The van der Waals surface area contributed by atoms with E-state index >= 15 is 0 Å². The molecule has 1 heterocycles. The molecule has 3 nitrogen and oxygen atoms in total. The van der Waals surface area contributed by atoms with E-state index < -0.39 is 0 Å². The highest BCUT2D eigenvalue weighted by Gasteiger charge is 2.23. The Morgan fingerprint density at radius 1 is 1.47 bits per heavy atom. The fourth-order valence-electron chi connectivity index (χ4n) is 1.73. The van der Waals surface area contributed by atoms with E-state index in [-0.39, 0.29) is 5.91 Å². The Kier molecular flexibility index (Phi) is 2.57. The topological polar surface area (TPSA) is 29.5 Å². The number of ether oxygens (including phenoxy) is 1. The molecule has 1 aromatic rings. The second kappa shape index (κ2) is 3.74. The lowest BCUT2D eigenvalue weighted by molar-refractivity contribution is -0.118. The standard InChI is InChI=1S/C11H12ClNO2/c1-7-3-4-8(12)11-10(7)13(2)9(14)5-6-15-11/h3-4H,5-6H2,1-2H3. The maximum Gasteiger partial charge on any atom is 0.230 e. The second-order valence-electron chi connectivity index (χ2n) is 3.59. The summed E-state index contributed by atoms with van der Waals surface area (Å²) >= 11 is 6.04. The first-order chi connectivity index (χ1) is 7.11. The van der Waals surface area contributed by atoms with Crippen LogP contribution in [0.1, 0.15) is 12.0 Å². The van der Waals surface area contributed by atoms with Crippen LogP contribution in [-0.4, -0.2) is 19.6 Å². The minimum absolute atomic E-state index is 0.0547. The highest BCUT2D eigenvalue weighted by Crippen LogP contribution is 2.39. The molecule has 1 aliphatic heterocycles. The van der Waals surface area contributed by atoms with Crippen LogP contribution in [0.4, 0.5) is 5.69 Å². The number of anilines is 1. The summed E-state index contributed by atoms with van der Waals surface area (Å²) in [4.78, 5) is 13.3. The lowest BCUT2D eigenvalue weighted by Gasteiger charge is -2.19. The lowest BCUT2D eigenvalue weighted by Crippen LogP contribution is -2.25. The summed E-state index contributed by atoms with van der Waals surface area (Å²) in [6.07, 6.45) is 0.390. The van der Waals surface area contributed by atoms with Crippen molar-refractivity contribution in [2.75, 3.05) is 18.6 Å². The van der Waals surface area contributed by atoms with E-state index in [1.165, 1.54) is 0 Å². The Bertz CT molecular complexity index is 417. The van der Waals surface area contributed by atoms with Gasteiger partial charge in [-0.05, 0) is 18.6 Å². The highest BCUT2D eigenvalue weighted by molar-refractivity contribution is 6.32. The number of amides is 1. The van der Waals surface area contributed by atoms with Gasteiger partial charge in [0.05, 0.1) is 23.7 Å². The molecule has 4 heteroatoms. The number of hydrogen-bond acceptors (Lipinski definition) is 2. The predicted molar refractivity (Wildman–Crippen MR) is 59.7 cm³/mol. The van der Waals surface area contributed by atoms with Crippen LogP contribution in [0.5, 0.6) is 5.75 Å². The van der Waals surface area contributed by atoms with E-state index in [0.717, 1.165) is 11.3 Å². The van der Waals surface area contributed by atoms with Crippen LogP contribution in [0, 0.1) is 6.92 Å². The van der Waals surface area contributed by atoms with Crippen LogP contribution in [-0.2, 0) is 4.79 Å². The molecule has 2 rings (SSSR count). The number of rotatable bonds is 0. The summed E-state index contributed by atoms with van der Waals surface area (Å²) in [6.45, 7) is 2.33. The molecule has 0 bridgehead atoms. The summed E-state index contributed by atoms with van der Waals surface area (Å²) in [5.74, 6) is 0.670. The van der Waals surface area contributed by atoms with E-state index in [4.69, 9.17) is 16.3 Å². The number of carbonyl (C=O) groups is 1. The molecule has 80 valence electrons. The molecular weight excluding hydrogens is 214 g/mol. The van der Waals surface area contributed by atoms with Crippen molar-refractivity contribution in [1.29, 1.82) is 0 Å². The van der Waals surface area contributed by atoms with Gasteiger partial charge < -0.3 is 9.64 Å². The molecule has 0 N–H and O–H groups in total. The number of halogens is 1. The average molecular weight is 226 g/mol. The third-order valence-electron chi connectivity index (χ3n) is 2.56. The molecule has 0 saturated carbocycles. The first-order valence-electron chi connectivity index (χ1n) is 4.79. The Labute approximate surface area is 93.6 Å². The maximum absolute atomic E-state index is 11.6. The van der Waals surface area contributed by atoms with Crippen molar-refractivity contribution in [2.24, 2.45) is 0 Å². The number of nitrogens with zero attached hydrogens (tertiary/aromatic N) is 1. The SMILES string of the molecule is Cc1ccc(Cl)c2c1N(C)C(=O)CCO2. The lowest BCUT2D eigenvalue weighted by atomic mass is 10.1. The third-order valence-corrected chi connectivity index (χ3v) is 2.85. The summed E-state index contributed by atoms with van der Waals surface area (Å²) in [5, 5.41) is 0.553. The van der Waals surface area contributed by atoms with E-state index in [1.54, 1.807) is 18.0 Å². The first kappa shape index (κ1) is 10.3. The van der Waals surface area contributed by atoms with Gasteiger partial charge in [-0.2, -0.15) is 0 Å². The van der Waals surface area contributed by atoms with Gasteiger partial charge in [-0.1, -0.05) is 17.7 Å². The van der Waals surface area contributed by atoms with E-state index in [1.807, 2.05) is 13.0 Å². The molecule has 0 unspecified atom stereocenters. The van der Waals surface area contributed by atoms with Crippen molar-refractivity contribution in [1.82, 2.24) is 0 Å². The van der Waals surface area contributed by atoms with Crippen LogP contribution in [0.25, 0.3) is 0 Å². The number of hydrogen-bond donors (Lipinski definition) is 0. The largest absolute Gasteiger partial charge is 0.489 e. The molecule has 0 fully saturated rings.